The second kappa shape index (κ2) is 5.33. The Kier molecular flexibility index (Phi) is 3.34. The van der Waals surface area contributed by atoms with Crippen LogP contribution in [0.3, 0.4) is 0 Å². The van der Waals surface area contributed by atoms with E-state index in [-0.39, 0.29) is 11.2 Å². The smallest absolute Gasteiger partial charge is 0.279 e. The van der Waals surface area contributed by atoms with Crippen molar-refractivity contribution in [1.82, 2.24) is 9.36 Å². The van der Waals surface area contributed by atoms with Crippen molar-refractivity contribution in [2.75, 3.05) is 0 Å². The molecule has 3 aromatic rings. The van der Waals surface area contributed by atoms with Gasteiger partial charge >= 0.3 is 0 Å². The third-order valence-corrected chi connectivity index (χ3v) is 3.44. The first-order valence-electron chi connectivity index (χ1n) is 6.67. The number of nitro groups is 1. The van der Waals surface area contributed by atoms with E-state index in [2.05, 4.69) is 0 Å². The fourth-order valence-corrected chi connectivity index (χ4v) is 2.39. The number of hydrogen-bond acceptors (Lipinski definition) is 3. The average Bonchev–Trinajstić information content (AvgIpc) is 2.83. The van der Waals surface area contributed by atoms with Crippen LogP contribution in [0.1, 0.15) is 0 Å². The number of nitro benzene ring substituents is 1. The lowest BCUT2D eigenvalue weighted by Crippen LogP contribution is -2.19. The summed E-state index contributed by atoms with van der Waals surface area (Å²) in [5, 5.41) is 10.7. The van der Waals surface area contributed by atoms with Gasteiger partial charge in [0.1, 0.15) is 0 Å². The molecular formula is C16H13N3O3. The van der Waals surface area contributed by atoms with Gasteiger partial charge in [0, 0.05) is 25.4 Å². The third kappa shape index (κ3) is 2.31. The molecule has 6 nitrogen and oxygen atoms in total. The lowest BCUT2D eigenvalue weighted by atomic mass is 10.1. The van der Waals surface area contributed by atoms with E-state index >= 15 is 0 Å². The molecule has 6 heteroatoms. The molecule has 2 aromatic carbocycles. The first-order chi connectivity index (χ1) is 10.6. The molecule has 3 rings (SSSR count). The molecule has 0 aliphatic carbocycles. The van der Waals surface area contributed by atoms with Gasteiger partial charge in [-0.25, -0.2) is 4.68 Å². The number of aromatic nitrogens is 2. The second-order valence-corrected chi connectivity index (χ2v) is 4.87. The van der Waals surface area contributed by atoms with Gasteiger partial charge in [-0.3, -0.25) is 19.6 Å². The van der Waals surface area contributed by atoms with Gasteiger partial charge < -0.3 is 0 Å². The van der Waals surface area contributed by atoms with Crippen molar-refractivity contribution in [2.45, 2.75) is 0 Å². The lowest BCUT2D eigenvalue weighted by molar-refractivity contribution is -0.384. The summed E-state index contributed by atoms with van der Waals surface area (Å²) in [7, 11) is 1.76. The summed E-state index contributed by atoms with van der Waals surface area (Å²) >= 11 is 0. The summed E-state index contributed by atoms with van der Waals surface area (Å²) in [4.78, 5) is 22.9. The zero-order valence-electron chi connectivity index (χ0n) is 11.8. The van der Waals surface area contributed by atoms with E-state index in [1.54, 1.807) is 30.1 Å². The van der Waals surface area contributed by atoms with Crippen LogP contribution in [0.15, 0.2) is 65.6 Å². The van der Waals surface area contributed by atoms with Gasteiger partial charge in [0.25, 0.3) is 11.2 Å². The summed E-state index contributed by atoms with van der Waals surface area (Å²) in [5.41, 5.74) is 1.84. The van der Waals surface area contributed by atoms with Crippen LogP contribution in [0.5, 0.6) is 0 Å². The number of nitrogens with zero attached hydrogens (tertiary/aromatic N) is 3. The first kappa shape index (κ1) is 13.8. The summed E-state index contributed by atoms with van der Waals surface area (Å²) < 4.78 is 3.15. The maximum absolute atomic E-state index is 12.6. The zero-order valence-corrected chi connectivity index (χ0v) is 11.8. The number of rotatable bonds is 3. The molecule has 0 radical (unpaired) electrons. The molecule has 0 aliphatic heterocycles. The zero-order chi connectivity index (χ0) is 15.7. The van der Waals surface area contributed by atoms with Crippen LogP contribution in [0.4, 0.5) is 5.69 Å². The Morgan fingerprint density at radius 2 is 1.64 bits per heavy atom. The van der Waals surface area contributed by atoms with Crippen LogP contribution >= 0.6 is 0 Å². The minimum absolute atomic E-state index is 0.00529. The summed E-state index contributed by atoms with van der Waals surface area (Å²) in [5.74, 6) is 0. The number of aryl methyl sites for hydroxylation is 1. The highest BCUT2D eigenvalue weighted by Gasteiger charge is 2.13. The van der Waals surface area contributed by atoms with Crippen LogP contribution in [0.2, 0.25) is 0 Å². The van der Waals surface area contributed by atoms with Gasteiger partial charge in [0.05, 0.1) is 16.2 Å². The predicted molar refractivity (Wildman–Crippen MR) is 83.1 cm³/mol. The number of non-ortho nitro benzene ring substituents is 1. The van der Waals surface area contributed by atoms with E-state index in [0.29, 0.717) is 11.3 Å². The van der Waals surface area contributed by atoms with Crippen molar-refractivity contribution < 1.29 is 4.92 Å². The molecule has 0 bridgehead atoms. The summed E-state index contributed by atoms with van der Waals surface area (Å²) in [6.07, 6.45) is 1.75. The summed E-state index contributed by atoms with van der Waals surface area (Å²) in [6.45, 7) is 0. The van der Waals surface area contributed by atoms with E-state index in [1.807, 2.05) is 30.3 Å². The van der Waals surface area contributed by atoms with Crippen LogP contribution in [0.25, 0.3) is 16.8 Å². The standard InChI is InChI=1S/C16H13N3O3/c1-17-11-15(12-5-3-2-4-6-12)16(20)18(17)13-7-9-14(10-8-13)19(21)22/h2-11H,1H3. The molecule has 0 unspecified atom stereocenters. The Morgan fingerprint density at radius 1 is 1.00 bits per heavy atom. The van der Waals surface area contributed by atoms with Crippen molar-refractivity contribution in [3.05, 3.63) is 81.3 Å². The van der Waals surface area contributed by atoms with Gasteiger partial charge in [-0.15, -0.1) is 0 Å². The largest absolute Gasteiger partial charge is 0.288 e. The number of hydrogen-bond donors (Lipinski definition) is 0. The molecule has 0 atom stereocenters. The van der Waals surface area contributed by atoms with E-state index in [0.717, 1.165) is 5.56 Å². The van der Waals surface area contributed by atoms with E-state index < -0.39 is 4.92 Å². The molecule has 1 heterocycles. The molecular weight excluding hydrogens is 282 g/mol. The highest BCUT2D eigenvalue weighted by atomic mass is 16.6. The lowest BCUT2D eigenvalue weighted by Gasteiger charge is -2.05. The minimum Gasteiger partial charge on any atom is -0.288 e. The fourth-order valence-electron chi connectivity index (χ4n) is 2.39. The molecule has 0 fully saturated rings. The molecule has 0 N–H and O–H groups in total. The van der Waals surface area contributed by atoms with E-state index in [4.69, 9.17) is 0 Å². The SMILES string of the molecule is Cn1cc(-c2ccccc2)c(=O)n1-c1ccc([N+](=O)[O-])cc1. The molecule has 0 spiro atoms. The maximum atomic E-state index is 12.6. The Balaban J connectivity index is 2.11. The quantitative estimate of drug-likeness (QED) is 0.551. The first-order valence-corrected chi connectivity index (χ1v) is 6.67. The van der Waals surface area contributed by atoms with Crippen LogP contribution < -0.4 is 5.56 Å². The predicted octanol–water partition coefficient (Wildman–Crippen LogP) is 2.75. The van der Waals surface area contributed by atoms with E-state index in [9.17, 15) is 14.9 Å². The molecule has 0 amide bonds. The molecule has 0 saturated heterocycles. The van der Waals surface area contributed by atoms with Crippen molar-refractivity contribution >= 4 is 5.69 Å². The van der Waals surface area contributed by atoms with Gasteiger partial charge in [0.2, 0.25) is 0 Å². The molecule has 110 valence electrons. The van der Waals surface area contributed by atoms with Crippen LogP contribution in [0, 0.1) is 10.1 Å². The van der Waals surface area contributed by atoms with Gasteiger partial charge in [-0.2, -0.15) is 0 Å². The summed E-state index contributed by atoms with van der Waals surface area (Å²) in [6, 6.07) is 15.3. The normalized spacial score (nSPS) is 10.6. The third-order valence-electron chi connectivity index (χ3n) is 3.44. The van der Waals surface area contributed by atoms with Gasteiger partial charge in [0.15, 0.2) is 0 Å². The Labute approximate surface area is 126 Å². The Bertz CT molecular complexity index is 877. The maximum Gasteiger partial charge on any atom is 0.279 e. The second-order valence-electron chi connectivity index (χ2n) is 4.87. The monoisotopic (exact) mass is 295 g/mol. The van der Waals surface area contributed by atoms with Gasteiger partial charge in [-0.1, -0.05) is 30.3 Å². The Morgan fingerprint density at radius 3 is 2.23 bits per heavy atom. The molecule has 1 aromatic heterocycles. The average molecular weight is 295 g/mol. The topological polar surface area (TPSA) is 70.1 Å². The van der Waals surface area contributed by atoms with Gasteiger partial charge in [-0.05, 0) is 17.7 Å². The minimum atomic E-state index is -0.465. The van der Waals surface area contributed by atoms with Crippen molar-refractivity contribution in [3.8, 4) is 16.8 Å². The molecule has 0 aliphatic rings. The van der Waals surface area contributed by atoms with Crippen LogP contribution in [-0.2, 0) is 7.05 Å². The Hall–Kier alpha value is -3.15. The van der Waals surface area contributed by atoms with Crippen molar-refractivity contribution in [1.29, 1.82) is 0 Å². The highest BCUT2D eigenvalue weighted by molar-refractivity contribution is 5.62. The van der Waals surface area contributed by atoms with Crippen LogP contribution in [-0.4, -0.2) is 14.3 Å². The van der Waals surface area contributed by atoms with E-state index in [1.165, 1.54) is 16.8 Å². The molecule has 22 heavy (non-hydrogen) atoms. The number of benzene rings is 2. The highest BCUT2D eigenvalue weighted by Crippen LogP contribution is 2.18. The molecule has 0 saturated carbocycles. The fraction of sp³-hybridized carbons (Fsp3) is 0.0625. The van der Waals surface area contributed by atoms with Crippen molar-refractivity contribution in [2.24, 2.45) is 7.05 Å². The van der Waals surface area contributed by atoms with Crippen molar-refractivity contribution in [3.63, 3.8) is 0 Å².